The summed E-state index contributed by atoms with van der Waals surface area (Å²) < 4.78 is 0. The number of aryl methyl sites for hydroxylation is 4. The van der Waals surface area contributed by atoms with Crippen LogP contribution in [0.15, 0.2) is 36.4 Å². The van der Waals surface area contributed by atoms with Gasteiger partial charge in [-0.05, 0) is 61.6 Å². The Morgan fingerprint density at radius 1 is 1.12 bits per heavy atom. The van der Waals surface area contributed by atoms with Gasteiger partial charge in [0.05, 0.1) is 0 Å². The van der Waals surface area contributed by atoms with Crippen molar-refractivity contribution in [1.82, 2.24) is 4.98 Å². The van der Waals surface area contributed by atoms with E-state index in [1.807, 2.05) is 51.1 Å². The summed E-state index contributed by atoms with van der Waals surface area (Å²) >= 11 is 1.30. The van der Waals surface area contributed by atoms with Crippen LogP contribution in [0.25, 0.3) is 0 Å². The van der Waals surface area contributed by atoms with Crippen molar-refractivity contribution in [1.29, 1.82) is 0 Å². The molecule has 3 rings (SSSR count). The maximum absolute atomic E-state index is 13.0. The van der Waals surface area contributed by atoms with E-state index in [-0.39, 0.29) is 11.6 Å². The third-order valence-corrected chi connectivity index (χ3v) is 5.57. The van der Waals surface area contributed by atoms with Gasteiger partial charge in [-0.3, -0.25) is 4.79 Å². The van der Waals surface area contributed by atoms with Crippen LogP contribution in [0.4, 0.5) is 16.6 Å². The quantitative estimate of drug-likeness (QED) is 0.611. The molecule has 134 valence electrons. The number of carbonyl (C=O) groups is 1. The number of hydrogen-bond donors (Lipinski definition) is 2. The SMILES string of the molecule is CCc1ccccc1Nc1nc(N)c(C(=O)c2cc(C)c(C)cc2C)s1. The van der Waals surface area contributed by atoms with Crippen molar-refractivity contribution >= 4 is 33.8 Å². The fraction of sp³-hybridized carbons (Fsp3) is 0.238. The second-order valence-electron chi connectivity index (χ2n) is 6.45. The predicted molar refractivity (Wildman–Crippen MR) is 110 cm³/mol. The molecule has 5 heteroatoms. The Morgan fingerprint density at radius 3 is 2.54 bits per heavy atom. The molecule has 26 heavy (non-hydrogen) atoms. The molecule has 1 heterocycles. The first-order valence-corrected chi connectivity index (χ1v) is 9.46. The Labute approximate surface area is 158 Å². The van der Waals surface area contributed by atoms with E-state index in [9.17, 15) is 4.79 Å². The normalized spacial score (nSPS) is 10.8. The van der Waals surface area contributed by atoms with Crippen molar-refractivity contribution < 1.29 is 4.79 Å². The van der Waals surface area contributed by atoms with E-state index >= 15 is 0 Å². The largest absolute Gasteiger partial charge is 0.382 e. The van der Waals surface area contributed by atoms with Crippen molar-refractivity contribution in [2.75, 3.05) is 11.1 Å². The van der Waals surface area contributed by atoms with Crippen molar-refractivity contribution in [3.8, 4) is 0 Å². The van der Waals surface area contributed by atoms with Crippen LogP contribution < -0.4 is 11.1 Å². The van der Waals surface area contributed by atoms with Gasteiger partial charge in [0, 0.05) is 11.3 Å². The zero-order chi connectivity index (χ0) is 18.8. The smallest absolute Gasteiger partial charge is 0.207 e. The molecule has 0 aliphatic heterocycles. The summed E-state index contributed by atoms with van der Waals surface area (Å²) in [5.74, 6) is 0.200. The highest BCUT2D eigenvalue weighted by Crippen LogP contribution is 2.31. The number of benzene rings is 2. The molecule has 4 nitrogen and oxygen atoms in total. The van der Waals surface area contributed by atoms with E-state index in [1.54, 1.807) is 0 Å². The highest BCUT2D eigenvalue weighted by atomic mass is 32.1. The molecule has 1 aromatic heterocycles. The number of rotatable bonds is 5. The monoisotopic (exact) mass is 365 g/mol. The second-order valence-corrected chi connectivity index (χ2v) is 7.45. The summed E-state index contributed by atoms with van der Waals surface area (Å²) in [5, 5.41) is 3.93. The Bertz CT molecular complexity index is 975. The molecule has 3 N–H and O–H groups in total. The van der Waals surface area contributed by atoms with Crippen LogP contribution >= 0.6 is 11.3 Å². The van der Waals surface area contributed by atoms with Gasteiger partial charge in [0.15, 0.2) is 5.13 Å². The number of aromatic nitrogens is 1. The third-order valence-electron chi connectivity index (χ3n) is 4.58. The number of hydrogen-bond acceptors (Lipinski definition) is 5. The van der Waals surface area contributed by atoms with Gasteiger partial charge in [0.2, 0.25) is 5.78 Å². The molecule has 0 radical (unpaired) electrons. The van der Waals surface area contributed by atoms with Crippen molar-refractivity contribution in [3.63, 3.8) is 0 Å². The van der Waals surface area contributed by atoms with Crippen molar-refractivity contribution in [2.45, 2.75) is 34.1 Å². The Hall–Kier alpha value is -2.66. The van der Waals surface area contributed by atoms with Gasteiger partial charge >= 0.3 is 0 Å². The molecule has 0 aliphatic rings. The van der Waals surface area contributed by atoms with Crippen LogP contribution in [0, 0.1) is 20.8 Å². The lowest BCUT2D eigenvalue weighted by Crippen LogP contribution is -2.05. The first-order chi connectivity index (χ1) is 12.4. The Kier molecular flexibility index (Phi) is 5.09. The number of carbonyl (C=O) groups excluding carboxylic acids is 1. The zero-order valence-corrected chi connectivity index (χ0v) is 16.3. The predicted octanol–water partition coefficient (Wildman–Crippen LogP) is 5.19. The molecule has 2 aromatic carbocycles. The molecule has 3 aromatic rings. The van der Waals surface area contributed by atoms with E-state index in [4.69, 9.17) is 5.73 Å². The van der Waals surface area contributed by atoms with Gasteiger partial charge in [0.1, 0.15) is 10.7 Å². The van der Waals surface area contributed by atoms with Crippen LogP contribution in [0.3, 0.4) is 0 Å². The third kappa shape index (κ3) is 3.48. The molecule has 0 bridgehead atoms. The summed E-state index contributed by atoms with van der Waals surface area (Å²) in [4.78, 5) is 17.8. The lowest BCUT2D eigenvalue weighted by atomic mass is 9.97. The van der Waals surface area contributed by atoms with Gasteiger partial charge in [-0.2, -0.15) is 0 Å². The Morgan fingerprint density at radius 2 is 1.81 bits per heavy atom. The lowest BCUT2D eigenvalue weighted by molar-refractivity contribution is 0.104. The lowest BCUT2D eigenvalue weighted by Gasteiger charge is -2.08. The molecular formula is C21H23N3OS. The molecule has 0 spiro atoms. The van der Waals surface area contributed by atoms with Crippen molar-refractivity contribution in [3.05, 3.63) is 69.1 Å². The van der Waals surface area contributed by atoms with Gasteiger partial charge in [-0.25, -0.2) is 4.98 Å². The second kappa shape index (κ2) is 7.30. The molecule has 0 saturated carbocycles. The fourth-order valence-electron chi connectivity index (χ4n) is 2.94. The zero-order valence-electron chi connectivity index (χ0n) is 15.5. The van der Waals surface area contributed by atoms with Gasteiger partial charge in [0.25, 0.3) is 0 Å². The van der Waals surface area contributed by atoms with Gasteiger partial charge in [-0.15, -0.1) is 0 Å². The summed E-state index contributed by atoms with van der Waals surface area (Å²) in [7, 11) is 0. The van der Waals surface area contributed by atoms with E-state index in [0.717, 1.165) is 23.2 Å². The van der Waals surface area contributed by atoms with Crippen LogP contribution in [0.2, 0.25) is 0 Å². The maximum atomic E-state index is 13.0. The molecule has 0 saturated heterocycles. The molecular weight excluding hydrogens is 342 g/mol. The van der Waals surface area contributed by atoms with E-state index < -0.39 is 0 Å². The first-order valence-electron chi connectivity index (χ1n) is 8.64. The minimum absolute atomic E-state index is 0.0718. The molecule has 0 amide bonds. The van der Waals surface area contributed by atoms with E-state index in [0.29, 0.717) is 15.6 Å². The Balaban J connectivity index is 1.93. The number of anilines is 3. The van der Waals surface area contributed by atoms with E-state index in [2.05, 4.69) is 23.3 Å². The minimum Gasteiger partial charge on any atom is -0.382 e. The fourth-order valence-corrected chi connectivity index (χ4v) is 3.79. The van der Waals surface area contributed by atoms with Crippen LogP contribution in [0.1, 0.15) is 44.4 Å². The van der Waals surface area contributed by atoms with E-state index in [1.165, 1.54) is 22.5 Å². The van der Waals surface area contributed by atoms with Gasteiger partial charge < -0.3 is 11.1 Å². The number of thiazole rings is 1. The highest BCUT2D eigenvalue weighted by molar-refractivity contribution is 7.18. The minimum atomic E-state index is -0.0718. The number of para-hydroxylation sites is 1. The van der Waals surface area contributed by atoms with Crippen LogP contribution in [-0.2, 0) is 6.42 Å². The molecule has 0 unspecified atom stereocenters. The summed E-state index contributed by atoms with van der Waals surface area (Å²) in [6.07, 6.45) is 0.914. The topological polar surface area (TPSA) is 68.0 Å². The number of nitrogens with one attached hydrogen (secondary N) is 1. The molecule has 0 atom stereocenters. The number of nitrogens with zero attached hydrogens (tertiary/aromatic N) is 1. The maximum Gasteiger partial charge on any atom is 0.207 e. The summed E-state index contributed by atoms with van der Waals surface area (Å²) in [5.41, 5.74) is 12.2. The van der Waals surface area contributed by atoms with Crippen molar-refractivity contribution in [2.24, 2.45) is 0 Å². The molecule has 0 fully saturated rings. The average molecular weight is 366 g/mol. The highest BCUT2D eigenvalue weighted by Gasteiger charge is 2.20. The number of ketones is 1. The van der Waals surface area contributed by atoms with Crippen LogP contribution in [0.5, 0.6) is 0 Å². The first kappa shape index (κ1) is 18.1. The van der Waals surface area contributed by atoms with Gasteiger partial charge in [-0.1, -0.05) is 42.5 Å². The standard InChI is InChI=1S/C21H23N3OS/c1-5-15-8-6-7-9-17(15)23-21-24-20(22)19(26-21)18(25)16-11-13(3)12(2)10-14(16)4/h6-11H,5,22H2,1-4H3,(H,23,24). The summed E-state index contributed by atoms with van der Waals surface area (Å²) in [6.45, 7) is 8.11. The number of nitrogen functional groups attached to an aromatic ring is 1. The summed E-state index contributed by atoms with van der Waals surface area (Å²) in [6, 6.07) is 12.0. The van der Waals surface area contributed by atoms with Crippen LogP contribution in [-0.4, -0.2) is 10.8 Å². The molecule has 0 aliphatic carbocycles. The average Bonchev–Trinajstić information content (AvgIpc) is 2.98. The number of nitrogens with two attached hydrogens (primary N) is 1.